The van der Waals surface area contributed by atoms with Gasteiger partial charge < -0.3 is 4.90 Å². The number of hydrogen-bond donors (Lipinski definition) is 0. The van der Waals surface area contributed by atoms with Crippen LogP contribution in [0.5, 0.6) is 0 Å². The van der Waals surface area contributed by atoms with E-state index in [-0.39, 0.29) is 31.8 Å². The van der Waals surface area contributed by atoms with Gasteiger partial charge in [0, 0.05) is 33.0 Å². The van der Waals surface area contributed by atoms with E-state index in [9.17, 15) is 13.6 Å². The monoisotopic (exact) mass is 243 g/mol. The predicted molar refractivity (Wildman–Crippen MR) is 58.0 cm³/mol. The standard InChI is InChI=1S/C11H15F2N3O/c1-8-7-9(15(2)14-8)10(17)16-5-3-11(12,13)4-6-16/h7H,3-6H2,1-2H3. The molecule has 1 aromatic heterocycles. The van der Waals surface area contributed by atoms with Crippen molar-refractivity contribution < 1.29 is 13.6 Å². The van der Waals surface area contributed by atoms with Crippen molar-refractivity contribution in [3.8, 4) is 0 Å². The third-order valence-electron chi connectivity index (χ3n) is 3.00. The van der Waals surface area contributed by atoms with Crippen molar-refractivity contribution in [3.63, 3.8) is 0 Å². The van der Waals surface area contributed by atoms with Crippen LogP contribution in [-0.4, -0.2) is 39.6 Å². The molecule has 2 rings (SSSR count). The van der Waals surface area contributed by atoms with Gasteiger partial charge in [-0.3, -0.25) is 9.48 Å². The van der Waals surface area contributed by atoms with E-state index in [0.717, 1.165) is 5.69 Å². The van der Waals surface area contributed by atoms with Crippen LogP contribution < -0.4 is 0 Å². The molecule has 6 heteroatoms. The van der Waals surface area contributed by atoms with E-state index in [1.54, 1.807) is 20.0 Å². The van der Waals surface area contributed by atoms with Gasteiger partial charge in [-0.1, -0.05) is 0 Å². The summed E-state index contributed by atoms with van der Waals surface area (Å²) in [5, 5.41) is 4.08. The number of nitrogens with zero attached hydrogens (tertiary/aromatic N) is 3. The molecule has 0 atom stereocenters. The molecule has 1 aromatic rings. The molecule has 0 radical (unpaired) electrons. The molecule has 0 spiro atoms. The molecule has 0 bridgehead atoms. The number of likely N-dealkylation sites (tertiary alicyclic amines) is 1. The van der Waals surface area contributed by atoms with Crippen LogP contribution in [0.1, 0.15) is 29.0 Å². The maximum Gasteiger partial charge on any atom is 0.272 e. The Balaban J connectivity index is 2.09. The van der Waals surface area contributed by atoms with Crippen LogP contribution in [0.2, 0.25) is 0 Å². The van der Waals surface area contributed by atoms with Crippen molar-refractivity contribution in [2.24, 2.45) is 7.05 Å². The van der Waals surface area contributed by atoms with E-state index < -0.39 is 5.92 Å². The number of carbonyl (C=O) groups excluding carboxylic acids is 1. The molecular weight excluding hydrogens is 228 g/mol. The summed E-state index contributed by atoms with van der Waals surface area (Å²) >= 11 is 0. The van der Waals surface area contributed by atoms with Crippen molar-refractivity contribution in [1.82, 2.24) is 14.7 Å². The summed E-state index contributed by atoms with van der Waals surface area (Å²) in [5.74, 6) is -2.84. The van der Waals surface area contributed by atoms with Crippen molar-refractivity contribution in [3.05, 3.63) is 17.5 Å². The summed E-state index contributed by atoms with van der Waals surface area (Å²) in [4.78, 5) is 13.5. The zero-order chi connectivity index (χ0) is 12.6. The van der Waals surface area contributed by atoms with E-state index in [2.05, 4.69) is 5.10 Å². The molecule has 1 fully saturated rings. The third kappa shape index (κ3) is 2.45. The SMILES string of the molecule is Cc1cc(C(=O)N2CCC(F)(F)CC2)n(C)n1. The van der Waals surface area contributed by atoms with Gasteiger partial charge in [-0.2, -0.15) is 5.10 Å². The summed E-state index contributed by atoms with van der Waals surface area (Å²) in [7, 11) is 1.68. The number of alkyl halides is 2. The summed E-state index contributed by atoms with van der Waals surface area (Å²) in [6, 6.07) is 1.68. The molecule has 4 nitrogen and oxygen atoms in total. The predicted octanol–water partition coefficient (Wildman–Crippen LogP) is 1.60. The van der Waals surface area contributed by atoms with Crippen LogP contribution in [0.3, 0.4) is 0 Å². The number of rotatable bonds is 1. The Morgan fingerprint density at radius 1 is 1.41 bits per heavy atom. The van der Waals surface area contributed by atoms with Gasteiger partial charge >= 0.3 is 0 Å². The van der Waals surface area contributed by atoms with Crippen molar-refractivity contribution in [2.45, 2.75) is 25.7 Å². The number of hydrogen-bond acceptors (Lipinski definition) is 2. The molecule has 0 saturated carbocycles. The second kappa shape index (κ2) is 4.09. The highest BCUT2D eigenvalue weighted by Gasteiger charge is 2.36. The number of piperidine rings is 1. The fourth-order valence-corrected chi connectivity index (χ4v) is 2.01. The lowest BCUT2D eigenvalue weighted by Gasteiger charge is -2.31. The van der Waals surface area contributed by atoms with E-state index in [0.29, 0.717) is 5.69 Å². The lowest BCUT2D eigenvalue weighted by Crippen LogP contribution is -2.43. The van der Waals surface area contributed by atoms with Gasteiger partial charge in [0.2, 0.25) is 0 Å². The van der Waals surface area contributed by atoms with Gasteiger partial charge in [0.1, 0.15) is 5.69 Å². The first kappa shape index (κ1) is 12.0. The van der Waals surface area contributed by atoms with E-state index in [4.69, 9.17) is 0 Å². The Morgan fingerprint density at radius 3 is 2.47 bits per heavy atom. The lowest BCUT2D eigenvalue weighted by molar-refractivity contribution is -0.0495. The number of aromatic nitrogens is 2. The zero-order valence-electron chi connectivity index (χ0n) is 9.91. The minimum absolute atomic E-state index is 0.107. The Kier molecular flexibility index (Phi) is 2.89. The van der Waals surface area contributed by atoms with Crippen molar-refractivity contribution in [2.75, 3.05) is 13.1 Å². The van der Waals surface area contributed by atoms with Crippen LogP contribution in [-0.2, 0) is 7.05 Å². The Bertz CT molecular complexity index is 432. The quantitative estimate of drug-likeness (QED) is 0.751. The van der Waals surface area contributed by atoms with Gasteiger partial charge in [-0.25, -0.2) is 8.78 Å². The van der Waals surface area contributed by atoms with Crippen LogP contribution >= 0.6 is 0 Å². The summed E-state index contributed by atoms with van der Waals surface area (Å²) in [6.07, 6.45) is -0.509. The first-order valence-electron chi connectivity index (χ1n) is 5.57. The van der Waals surface area contributed by atoms with Crippen LogP contribution in [0.25, 0.3) is 0 Å². The molecule has 0 aromatic carbocycles. The fraction of sp³-hybridized carbons (Fsp3) is 0.636. The Hall–Kier alpha value is -1.46. The second-order valence-corrected chi connectivity index (χ2v) is 4.44. The van der Waals surface area contributed by atoms with Crippen LogP contribution in [0, 0.1) is 6.92 Å². The van der Waals surface area contributed by atoms with Crippen molar-refractivity contribution >= 4 is 5.91 Å². The third-order valence-corrected chi connectivity index (χ3v) is 3.00. The summed E-state index contributed by atoms with van der Waals surface area (Å²) in [6.45, 7) is 2.01. The van der Waals surface area contributed by atoms with Crippen LogP contribution in [0.15, 0.2) is 6.07 Å². The fourth-order valence-electron chi connectivity index (χ4n) is 2.01. The molecule has 1 aliphatic heterocycles. The van der Waals surface area contributed by atoms with Gasteiger partial charge in [0.05, 0.1) is 5.69 Å². The molecule has 0 aliphatic carbocycles. The average molecular weight is 243 g/mol. The number of amides is 1. The zero-order valence-corrected chi connectivity index (χ0v) is 9.91. The number of carbonyl (C=O) groups is 1. The van der Waals surface area contributed by atoms with Gasteiger partial charge in [-0.05, 0) is 13.0 Å². The Morgan fingerprint density at radius 2 is 2.00 bits per heavy atom. The molecule has 94 valence electrons. The van der Waals surface area contributed by atoms with Crippen LogP contribution in [0.4, 0.5) is 8.78 Å². The molecule has 1 amide bonds. The van der Waals surface area contributed by atoms with Gasteiger partial charge in [0.15, 0.2) is 0 Å². The van der Waals surface area contributed by atoms with Gasteiger partial charge in [-0.15, -0.1) is 0 Å². The van der Waals surface area contributed by atoms with E-state index in [1.165, 1.54) is 9.58 Å². The highest BCUT2D eigenvalue weighted by Crippen LogP contribution is 2.28. The first-order valence-corrected chi connectivity index (χ1v) is 5.57. The maximum absolute atomic E-state index is 13.0. The lowest BCUT2D eigenvalue weighted by atomic mass is 10.1. The normalized spacial score (nSPS) is 19.4. The molecule has 0 unspecified atom stereocenters. The Labute approximate surface area is 98.2 Å². The summed E-state index contributed by atoms with van der Waals surface area (Å²) < 4.78 is 27.4. The molecule has 0 N–H and O–H groups in total. The minimum Gasteiger partial charge on any atom is -0.337 e. The summed E-state index contributed by atoms with van der Waals surface area (Å²) in [5.41, 5.74) is 1.20. The molecule has 2 heterocycles. The highest BCUT2D eigenvalue weighted by atomic mass is 19.3. The smallest absolute Gasteiger partial charge is 0.272 e. The number of aryl methyl sites for hydroxylation is 2. The molecule has 17 heavy (non-hydrogen) atoms. The van der Waals surface area contributed by atoms with E-state index in [1.807, 2.05) is 0 Å². The number of halogens is 2. The minimum atomic E-state index is -2.63. The average Bonchev–Trinajstić information content (AvgIpc) is 2.57. The largest absolute Gasteiger partial charge is 0.337 e. The van der Waals surface area contributed by atoms with E-state index >= 15 is 0 Å². The molecule has 1 aliphatic rings. The van der Waals surface area contributed by atoms with Gasteiger partial charge in [0.25, 0.3) is 11.8 Å². The van der Waals surface area contributed by atoms with Crippen molar-refractivity contribution in [1.29, 1.82) is 0 Å². The first-order chi connectivity index (χ1) is 7.89. The topological polar surface area (TPSA) is 38.1 Å². The maximum atomic E-state index is 13.0. The highest BCUT2D eigenvalue weighted by molar-refractivity contribution is 5.92. The second-order valence-electron chi connectivity index (χ2n) is 4.44. The molecular formula is C11H15F2N3O. The molecule has 1 saturated heterocycles.